The SMILES string of the molecule is CN=C(NCCCn1cnc2ccccc21)NCc1ccc(OCC(F)(F)F)cc1.I. The maximum atomic E-state index is 12.2. The summed E-state index contributed by atoms with van der Waals surface area (Å²) in [6.45, 7) is 0.766. The van der Waals surface area contributed by atoms with Crippen molar-refractivity contribution < 1.29 is 17.9 Å². The van der Waals surface area contributed by atoms with Gasteiger partial charge in [-0.25, -0.2) is 4.98 Å². The summed E-state index contributed by atoms with van der Waals surface area (Å²) in [4.78, 5) is 8.57. The number of aryl methyl sites for hydroxylation is 1. The topological polar surface area (TPSA) is 63.5 Å². The van der Waals surface area contributed by atoms with E-state index in [0.717, 1.165) is 36.1 Å². The molecule has 0 unspecified atom stereocenters. The van der Waals surface area contributed by atoms with Crippen LogP contribution in [0.25, 0.3) is 11.0 Å². The molecule has 0 aliphatic carbocycles. The zero-order valence-corrected chi connectivity index (χ0v) is 19.4. The number of guanidine groups is 1. The highest BCUT2D eigenvalue weighted by Gasteiger charge is 2.28. The maximum absolute atomic E-state index is 12.2. The summed E-state index contributed by atoms with van der Waals surface area (Å²) in [5, 5.41) is 6.44. The average Bonchev–Trinajstić information content (AvgIpc) is 3.15. The first-order valence-electron chi connectivity index (χ1n) is 9.57. The van der Waals surface area contributed by atoms with E-state index >= 15 is 0 Å². The van der Waals surface area contributed by atoms with Crippen LogP contribution < -0.4 is 15.4 Å². The second-order valence-electron chi connectivity index (χ2n) is 6.68. The Kier molecular flexibility index (Phi) is 9.41. The van der Waals surface area contributed by atoms with E-state index in [-0.39, 0.29) is 29.7 Å². The van der Waals surface area contributed by atoms with Crippen LogP contribution in [0.4, 0.5) is 13.2 Å². The number of aromatic nitrogens is 2. The van der Waals surface area contributed by atoms with Crippen molar-refractivity contribution in [1.29, 1.82) is 0 Å². The predicted octanol–water partition coefficient (Wildman–Crippen LogP) is 4.35. The lowest BCUT2D eigenvalue weighted by molar-refractivity contribution is -0.153. The minimum absolute atomic E-state index is 0. The summed E-state index contributed by atoms with van der Waals surface area (Å²) in [7, 11) is 1.69. The average molecular weight is 547 g/mol. The molecule has 0 atom stereocenters. The summed E-state index contributed by atoms with van der Waals surface area (Å²) in [6.07, 6.45) is -1.60. The lowest BCUT2D eigenvalue weighted by atomic mass is 10.2. The number of alkyl halides is 3. The molecule has 0 amide bonds. The number of hydrogen-bond donors (Lipinski definition) is 2. The van der Waals surface area contributed by atoms with E-state index in [9.17, 15) is 13.2 Å². The van der Waals surface area contributed by atoms with Crippen LogP contribution in [0.2, 0.25) is 0 Å². The van der Waals surface area contributed by atoms with Crippen molar-refractivity contribution in [3.05, 3.63) is 60.4 Å². The zero-order chi connectivity index (χ0) is 21.4. The van der Waals surface area contributed by atoms with Gasteiger partial charge in [-0.2, -0.15) is 13.2 Å². The molecule has 0 aliphatic rings. The summed E-state index contributed by atoms with van der Waals surface area (Å²) in [6, 6.07) is 14.5. The van der Waals surface area contributed by atoms with E-state index in [1.807, 2.05) is 24.5 Å². The van der Waals surface area contributed by atoms with Gasteiger partial charge in [-0.1, -0.05) is 24.3 Å². The van der Waals surface area contributed by atoms with Crippen LogP contribution in [0.1, 0.15) is 12.0 Å². The van der Waals surface area contributed by atoms with Gasteiger partial charge in [-0.15, -0.1) is 24.0 Å². The number of nitrogens with zero attached hydrogens (tertiary/aromatic N) is 3. The second-order valence-corrected chi connectivity index (χ2v) is 6.68. The van der Waals surface area contributed by atoms with E-state index in [4.69, 9.17) is 4.74 Å². The monoisotopic (exact) mass is 547 g/mol. The molecular weight excluding hydrogens is 522 g/mol. The molecule has 0 spiro atoms. The Balaban J connectivity index is 0.00000341. The normalized spacial score (nSPS) is 11.8. The third kappa shape index (κ3) is 7.93. The highest BCUT2D eigenvalue weighted by molar-refractivity contribution is 14.0. The number of hydrogen-bond acceptors (Lipinski definition) is 3. The number of ether oxygens (including phenoxy) is 1. The van der Waals surface area contributed by atoms with E-state index in [1.165, 1.54) is 12.1 Å². The van der Waals surface area contributed by atoms with Gasteiger partial charge in [0.15, 0.2) is 12.6 Å². The summed E-state index contributed by atoms with van der Waals surface area (Å²) in [5.41, 5.74) is 3.00. The van der Waals surface area contributed by atoms with E-state index in [1.54, 1.807) is 19.2 Å². The fourth-order valence-electron chi connectivity index (χ4n) is 2.92. The van der Waals surface area contributed by atoms with Crippen molar-refractivity contribution in [2.45, 2.75) is 25.7 Å². The molecule has 3 aromatic rings. The van der Waals surface area contributed by atoms with Crippen LogP contribution in [-0.4, -0.2) is 41.9 Å². The van der Waals surface area contributed by atoms with Crippen molar-refractivity contribution >= 4 is 41.0 Å². The smallest absolute Gasteiger partial charge is 0.422 e. The Bertz CT molecular complexity index is 973. The molecule has 2 N–H and O–H groups in total. The van der Waals surface area contributed by atoms with Crippen LogP contribution in [0.5, 0.6) is 5.75 Å². The molecule has 0 saturated carbocycles. The number of rotatable bonds is 8. The van der Waals surface area contributed by atoms with Crippen molar-refractivity contribution in [3.63, 3.8) is 0 Å². The molecule has 0 radical (unpaired) electrons. The number of fused-ring (bicyclic) bond motifs is 1. The van der Waals surface area contributed by atoms with Crippen molar-refractivity contribution in [3.8, 4) is 5.75 Å². The van der Waals surface area contributed by atoms with Crippen LogP contribution in [-0.2, 0) is 13.1 Å². The van der Waals surface area contributed by atoms with E-state index in [2.05, 4.69) is 31.2 Å². The summed E-state index contributed by atoms with van der Waals surface area (Å²) >= 11 is 0. The minimum atomic E-state index is -4.34. The van der Waals surface area contributed by atoms with Gasteiger partial charge < -0.3 is 19.9 Å². The van der Waals surface area contributed by atoms with Gasteiger partial charge in [-0.05, 0) is 36.2 Å². The fourth-order valence-corrected chi connectivity index (χ4v) is 2.92. The number of aliphatic imine (C=N–C) groups is 1. The molecular formula is C21H25F3IN5O. The molecule has 0 saturated heterocycles. The Morgan fingerprint density at radius 2 is 1.84 bits per heavy atom. The number of nitrogens with one attached hydrogen (secondary N) is 2. The first-order valence-corrected chi connectivity index (χ1v) is 9.57. The van der Waals surface area contributed by atoms with Crippen LogP contribution in [0.3, 0.4) is 0 Å². The standard InChI is InChI=1S/C21H24F3N5O.HI/c1-25-20(26-11-4-12-29-15-28-18-5-2-3-6-19(18)29)27-13-16-7-9-17(10-8-16)30-14-21(22,23)24;/h2-3,5-10,15H,4,11-14H2,1H3,(H2,25,26,27);1H. The number of halogens is 4. The number of benzene rings is 2. The van der Waals surface area contributed by atoms with E-state index < -0.39 is 12.8 Å². The lowest BCUT2D eigenvalue weighted by Crippen LogP contribution is -2.37. The zero-order valence-electron chi connectivity index (χ0n) is 17.0. The quantitative estimate of drug-likeness (QED) is 0.191. The van der Waals surface area contributed by atoms with Crippen LogP contribution in [0, 0.1) is 0 Å². The van der Waals surface area contributed by atoms with Gasteiger partial charge in [0.25, 0.3) is 0 Å². The first kappa shape index (κ1) is 24.8. The molecule has 2 aromatic carbocycles. The molecule has 6 nitrogen and oxygen atoms in total. The van der Waals surface area contributed by atoms with Gasteiger partial charge in [0.2, 0.25) is 0 Å². The van der Waals surface area contributed by atoms with E-state index in [0.29, 0.717) is 12.5 Å². The molecule has 31 heavy (non-hydrogen) atoms. The lowest BCUT2D eigenvalue weighted by Gasteiger charge is -2.13. The van der Waals surface area contributed by atoms with Gasteiger partial charge in [-0.3, -0.25) is 4.99 Å². The van der Waals surface area contributed by atoms with Crippen LogP contribution >= 0.6 is 24.0 Å². The largest absolute Gasteiger partial charge is 0.484 e. The number of imidazole rings is 1. The third-order valence-electron chi connectivity index (χ3n) is 4.41. The molecule has 0 fully saturated rings. The maximum Gasteiger partial charge on any atom is 0.422 e. The Labute approximate surface area is 195 Å². The predicted molar refractivity (Wildman–Crippen MR) is 126 cm³/mol. The fraction of sp³-hybridized carbons (Fsp3) is 0.333. The number of para-hydroxylation sites is 2. The van der Waals surface area contributed by atoms with Gasteiger partial charge >= 0.3 is 6.18 Å². The Morgan fingerprint density at radius 1 is 1.10 bits per heavy atom. The first-order chi connectivity index (χ1) is 14.4. The molecule has 168 valence electrons. The van der Waals surface area contributed by atoms with Gasteiger partial charge in [0.05, 0.1) is 17.4 Å². The Morgan fingerprint density at radius 3 is 2.55 bits per heavy atom. The molecule has 0 aliphatic heterocycles. The second kappa shape index (κ2) is 11.8. The van der Waals surface area contributed by atoms with Crippen molar-refractivity contribution in [2.75, 3.05) is 20.2 Å². The summed E-state index contributed by atoms with van der Waals surface area (Å²) < 4.78 is 43.4. The highest BCUT2D eigenvalue weighted by atomic mass is 127. The van der Waals surface area contributed by atoms with Crippen LogP contribution in [0.15, 0.2) is 59.9 Å². The highest BCUT2D eigenvalue weighted by Crippen LogP contribution is 2.18. The molecule has 10 heteroatoms. The van der Waals surface area contributed by atoms with Gasteiger partial charge in [0, 0.05) is 26.7 Å². The molecule has 0 bridgehead atoms. The molecule has 1 aromatic heterocycles. The third-order valence-corrected chi connectivity index (χ3v) is 4.41. The van der Waals surface area contributed by atoms with Crippen molar-refractivity contribution in [1.82, 2.24) is 20.2 Å². The Hall–Kier alpha value is -2.50. The van der Waals surface area contributed by atoms with Crippen molar-refractivity contribution in [2.24, 2.45) is 4.99 Å². The molecule has 3 rings (SSSR count). The minimum Gasteiger partial charge on any atom is -0.484 e. The summed E-state index contributed by atoms with van der Waals surface area (Å²) in [5.74, 6) is 0.841. The van der Waals surface area contributed by atoms with Gasteiger partial charge in [0.1, 0.15) is 5.75 Å². The molecule has 1 heterocycles.